The van der Waals surface area contributed by atoms with Gasteiger partial charge in [0.15, 0.2) is 0 Å². The van der Waals surface area contributed by atoms with Crippen LogP contribution < -0.4 is 11.1 Å². The fraction of sp³-hybridized carbons (Fsp3) is 0.500. The van der Waals surface area contributed by atoms with Crippen molar-refractivity contribution in [2.75, 3.05) is 19.6 Å². The van der Waals surface area contributed by atoms with Gasteiger partial charge in [-0.05, 0) is 31.4 Å². The number of benzene rings is 1. The van der Waals surface area contributed by atoms with E-state index in [1.807, 2.05) is 0 Å². The first-order valence-electron chi connectivity index (χ1n) is 7.75. The minimum atomic E-state index is -0.901. The van der Waals surface area contributed by atoms with Gasteiger partial charge in [0.1, 0.15) is 11.6 Å². The standard InChI is InChI=1S/C16H21F2N3O2/c17-11-5-6-13(14(18)9-11)16(23)20-7-1-4-15(22)21-8-2-3-12(21)10-19/h5-6,9,12H,1-4,7-8,10,19H2,(H,20,23). The second kappa shape index (κ2) is 8.01. The molecule has 0 aromatic heterocycles. The minimum absolute atomic E-state index is 0.0279. The van der Waals surface area contributed by atoms with E-state index in [4.69, 9.17) is 5.73 Å². The summed E-state index contributed by atoms with van der Waals surface area (Å²) in [5.74, 6) is -2.22. The molecule has 1 saturated heterocycles. The summed E-state index contributed by atoms with van der Waals surface area (Å²) in [5, 5.41) is 2.53. The van der Waals surface area contributed by atoms with Crippen LogP contribution in [0.25, 0.3) is 0 Å². The molecule has 0 spiro atoms. The molecule has 0 saturated carbocycles. The van der Waals surface area contributed by atoms with Crippen molar-refractivity contribution in [2.45, 2.75) is 31.7 Å². The third kappa shape index (κ3) is 4.48. The number of amides is 2. The summed E-state index contributed by atoms with van der Waals surface area (Å²) in [7, 11) is 0. The number of nitrogens with one attached hydrogen (secondary N) is 1. The third-order valence-corrected chi connectivity index (χ3v) is 4.00. The molecule has 1 unspecified atom stereocenters. The van der Waals surface area contributed by atoms with E-state index < -0.39 is 17.5 Å². The summed E-state index contributed by atoms with van der Waals surface area (Å²) in [4.78, 5) is 25.7. The predicted octanol–water partition coefficient (Wildman–Crippen LogP) is 1.42. The second-order valence-electron chi connectivity index (χ2n) is 5.60. The van der Waals surface area contributed by atoms with Gasteiger partial charge in [-0.3, -0.25) is 9.59 Å². The average molecular weight is 325 g/mol. The maximum absolute atomic E-state index is 13.5. The number of nitrogens with zero attached hydrogens (tertiary/aromatic N) is 1. The maximum Gasteiger partial charge on any atom is 0.254 e. The van der Waals surface area contributed by atoms with Crippen molar-refractivity contribution < 1.29 is 18.4 Å². The van der Waals surface area contributed by atoms with Gasteiger partial charge in [-0.1, -0.05) is 0 Å². The molecule has 2 amide bonds. The van der Waals surface area contributed by atoms with Gasteiger partial charge < -0.3 is 16.0 Å². The Labute approximate surface area is 133 Å². The number of nitrogens with two attached hydrogens (primary N) is 1. The first kappa shape index (κ1) is 17.3. The van der Waals surface area contributed by atoms with Gasteiger partial charge >= 0.3 is 0 Å². The van der Waals surface area contributed by atoms with E-state index in [1.165, 1.54) is 0 Å². The number of carbonyl (C=O) groups is 2. The van der Waals surface area contributed by atoms with E-state index in [0.717, 1.165) is 31.5 Å². The Morgan fingerprint density at radius 2 is 2.13 bits per heavy atom. The van der Waals surface area contributed by atoms with E-state index in [2.05, 4.69) is 5.32 Å². The molecule has 3 N–H and O–H groups in total. The quantitative estimate of drug-likeness (QED) is 0.777. The topological polar surface area (TPSA) is 75.4 Å². The van der Waals surface area contributed by atoms with Crippen LogP contribution >= 0.6 is 0 Å². The fourth-order valence-corrected chi connectivity index (χ4v) is 2.76. The van der Waals surface area contributed by atoms with Crippen LogP contribution in [0.4, 0.5) is 8.78 Å². The number of rotatable bonds is 6. The van der Waals surface area contributed by atoms with Crippen LogP contribution in [-0.4, -0.2) is 42.4 Å². The summed E-state index contributed by atoms with van der Waals surface area (Å²) >= 11 is 0. The molecule has 1 aliphatic rings. The van der Waals surface area contributed by atoms with Crippen LogP contribution in [0, 0.1) is 11.6 Å². The van der Waals surface area contributed by atoms with Crippen molar-refractivity contribution in [1.82, 2.24) is 10.2 Å². The lowest BCUT2D eigenvalue weighted by Crippen LogP contribution is -2.40. The second-order valence-corrected chi connectivity index (χ2v) is 5.60. The Kier molecular flexibility index (Phi) is 6.04. The first-order chi connectivity index (χ1) is 11.0. The summed E-state index contributed by atoms with van der Waals surface area (Å²) in [5.41, 5.74) is 5.42. The Morgan fingerprint density at radius 3 is 2.83 bits per heavy atom. The average Bonchev–Trinajstić information content (AvgIpc) is 2.99. The molecule has 23 heavy (non-hydrogen) atoms. The fourth-order valence-electron chi connectivity index (χ4n) is 2.76. The van der Waals surface area contributed by atoms with Crippen LogP contribution in [0.3, 0.4) is 0 Å². The van der Waals surface area contributed by atoms with E-state index in [0.29, 0.717) is 25.5 Å². The van der Waals surface area contributed by atoms with Crippen LogP contribution in [0.2, 0.25) is 0 Å². The van der Waals surface area contributed by atoms with Gasteiger partial charge in [-0.15, -0.1) is 0 Å². The highest BCUT2D eigenvalue weighted by Crippen LogP contribution is 2.17. The van der Waals surface area contributed by atoms with Crippen LogP contribution in [0.15, 0.2) is 18.2 Å². The molecule has 126 valence electrons. The number of likely N-dealkylation sites (tertiary alicyclic amines) is 1. The lowest BCUT2D eigenvalue weighted by Gasteiger charge is -2.23. The third-order valence-electron chi connectivity index (χ3n) is 4.00. The SMILES string of the molecule is NCC1CCCN1C(=O)CCCNC(=O)c1ccc(F)cc1F. The van der Waals surface area contributed by atoms with E-state index >= 15 is 0 Å². The van der Waals surface area contributed by atoms with Gasteiger partial charge in [-0.25, -0.2) is 8.78 Å². The minimum Gasteiger partial charge on any atom is -0.352 e. The molecule has 0 aliphatic carbocycles. The van der Waals surface area contributed by atoms with Crippen molar-refractivity contribution >= 4 is 11.8 Å². The Bertz CT molecular complexity index is 580. The van der Waals surface area contributed by atoms with Crippen LogP contribution in [-0.2, 0) is 4.79 Å². The Morgan fingerprint density at radius 1 is 1.35 bits per heavy atom. The highest BCUT2D eigenvalue weighted by molar-refractivity contribution is 5.94. The highest BCUT2D eigenvalue weighted by Gasteiger charge is 2.26. The highest BCUT2D eigenvalue weighted by atomic mass is 19.1. The van der Waals surface area contributed by atoms with Gasteiger partial charge in [0, 0.05) is 38.2 Å². The molecule has 1 heterocycles. The summed E-state index contributed by atoms with van der Waals surface area (Å²) in [6.07, 6.45) is 2.67. The van der Waals surface area contributed by atoms with Crippen molar-refractivity contribution in [3.05, 3.63) is 35.4 Å². The lowest BCUT2D eigenvalue weighted by atomic mass is 10.2. The number of hydrogen-bond acceptors (Lipinski definition) is 3. The molecule has 7 heteroatoms. The van der Waals surface area contributed by atoms with Crippen molar-refractivity contribution in [2.24, 2.45) is 5.73 Å². The molecular formula is C16H21F2N3O2. The summed E-state index contributed by atoms with van der Waals surface area (Å²) in [6, 6.07) is 2.91. The maximum atomic E-state index is 13.5. The molecule has 1 aromatic rings. The zero-order chi connectivity index (χ0) is 16.8. The zero-order valence-electron chi connectivity index (χ0n) is 12.9. The van der Waals surface area contributed by atoms with Crippen molar-refractivity contribution in [1.29, 1.82) is 0 Å². The smallest absolute Gasteiger partial charge is 0.254 e. The van der Waals surface area contributed by atoms with Crippen molar-refractivity contribution in [3.63, 3.8) is 0 Å². The van der Waals surface area contributed by atoms with Crippen molar-refractivity contribution in [3.8, 4) is 0 Å². The summed E-state index contributed by atoms with van der Waals surface area (Å²) in [6.45, 7) is 1.45. The number of halogens is 2. The lowest BCUT2D eigenvalue weighted by molar-refractivity contribution is -0.131. The van der Waals surface area contributed by atoms with Gasteiger partial charge in [0.25, 0.3) is 5.91 Å². The zero-order valence-corrected chi connectivity index (χ0v) is 12.9. The molecule has 0 radical (unpaired) electrons. The van der Waals surface area contributed by atoms with Gasteiger partial charge in [0.05, 0.1) is 5.56 Å². The molecule has 1 fully saturated rings. The first-order valence-corrected chi connectivity index (χ1v) is 7.75. The Hall–Kier alpha value is -2.02. The van der Waals surface area contributed by atoms with Gasteiger partial charge in [0.2, 0.25) is 5.91 Å². The molecule has 2 rings (SSSR count). The molecule has 1 atom stereocenters. The van der Waals surface area contributed by atoms with Crippen LogP contribution in [0.1, 0.15) is 36.0 Å². The van der Waals surface area contributed by atoms with E-state index in [1.54, 1.807) is 4.90 Å². The predicted molar refractivity (Wildman–Crippen MR) is 81.7 cm³/mol. The monoisotopic (exact) mass is 325 g/mol. The molecule has 5 nitrogen and oxygen atoms in total. The molecule has 0 bridgehead atoms. The van der Waals surface area contributed by atoms with Gasteiger partial charge in [-0.2, -0.15) is 0 Å². The number of hydrogen-bond donors (Lipinski definition) is 2. The van der Waals surface area contributed by atoms with E-state index in [-0.39, 0.29) is 24.1 Å². The molecular weight excluding hydrogens is 304 g/mol. The summed E-state index contributed by atoms with van der Waals surface area (Å²) < 4.78 is 26.2. The molecule has 1 aliphatic heterocycles. The number of carbonyl (C=O) groups excluding carboxylic acids is 2. The Balaban J connectivity index is 1.74. The van der Waals surface area contributed by atoms with Crippen LogP contribution in [0.5, 0.6) is 0 Å². The largest absolute Gasteiger partial charge is 0.352 e. The normalized spacial score (nSPS) is 17.3. The molecule has 1 aromatic carbocycles. The van der Waals surface area contributed by atoms with E-state index in [9.17, 15) is 18.4 Å².